The number of anilines is 1. The minimum atomic E-state index is -0.923. The molecule has 0 aliphatic heterocycles. The summed E-state index contributed by atoms with van der Waals surface area (Å²) in [6, 6.07) is 11.1. The van der Waals surface area contributed by atoms with Crippen LogP contribution >= 0.6 is 22.9 Å². The SMILES string of the molecule is CCN(C(=O)COC(=O)c1ccc(Cl)cc1F)c1nc2ccccc2s1. The Balaban J connectivity index is 1.70. The van der Waals surface area contributed by atoms with Crippen LogP contribution in [-0.2, 0) is 9.53 Å². The number of likely N-dealkylation sites (N-methyl/N-ethyl adjacent to an activating group) is 1. The number of thiazole rings is 1. The first-order chi connectivity index (χ1) is 12.5. The molecule has 0 aliphatic rings. The van der Waals surface area contributed by atoms with Gasteiger partial charge in [-0.05, 0) is 37.3 Å². The van der Waals surface area contributed by atoms with E-state index >= 15 is 0 Å². The summed E-state index contributed by atoms with van der Waals surface area (Å²) in [6.07, 6.45) is 0. The van der Waals surface area contributed by atoms with Crippen molar-refractivity contribution >= 4 is 50.2 Å². The average Bonchev–Trinajstić information content (AvgIpc) is 3.04. The summed E-state index contributed by atoms with van der Waals surface area (Å²) in [7, 11) is 0. The maximum Gasteiger partial charge on any atom is 0.341 e. The van der Waals surface area contributed by atoms with E-state index in [0.29, 0.717) is 11.7 Å². The molecule has 0 saturated carbocycles. The van der Waals surface area contributed by atoms with Gasteiger partial charge in [0, 0.05) is 11.6 Å². The van der Waals surface area contributed by atoms with Gasteiger partial charge in [-0.3, -0.25) is 9.69 Å². The van der Waals surface area contributed by atoms with E-state index < -0.39 is 24.3 Å². The molecule has 134 valence electrons. The number of carbonyl (C=O) groups excluding carboxylic acids is 2. The van der Waals surface area contributed by atoms with E-state index in [1.165, 1.54) is 28.4 Å². The first kappa shape index (κ1) is 18.3. The van der Waals surface area contributed by atoms with Gasteiger partial charge in [0.1, 0.15) is 5.82 Å². The monoisotopic (exact) mass is 392 g/mol. The van der Waals surface area contributed by atoms with Gasteiger partial charge in [0.05, 0.1) is 15.8 Å². The van der Waals surface area contributed by atoms with E-state index in [1.54, 1.807) is 6.92 Å². The number of fused-ring (bicyclic) bond motifs is 1. The summed E-state index contributed by atoms with van der Waals surface area (Å²) < 4.78 is 19.6. The Kier molecular flexibility index (Phi) is 5.49. The van der Waals surface area contributed by atoms with Gasteiger partial charge in [-0.1, -0.05) is 35.1 Å². The zero-order valence-electron chi connectivity index (χ0n) is 13.7. The second-order valence-electron chi connectivity index (χ2n) is 5.30. The van der Waals surface area contributed by atoms with Crippen molar-refractivity contribution in [1.29, 1.82) is 0 Å². The molecule has 26 heavy (non-hydrogen) atoms. The van der Waals surface area contributed by atoms with Gasteiger partial charge in [0.15, 0.2) is 11.7 Å². The molecule has 0 atom stereocenters. The van der Waals surface area contributed by atoms with Crippen molar-refractivity contribution in [2.24, 2.45) is 0 Å². The van der Waals surface area contributed by atoms with Gasteiger partial charge in [-0.2, -0.15) is 0 Å². The van der Waals surface area contributed by atoms with Crippen LogP contribution in [-0.4, -0.2) is 30.0 Å². The number of amides is 1. The van der Waals surface area contributed by atoms with E-state index in [-0.39, 0.29) is 10.6 Å². The predicted octanol–water partition coefficient (Wildman–Crippen LogP) is 4.30. The lowest BCUT2D eigenvalue weighted by molar-refractivity contribution is -0.121. The fourth-order valence-electron chi connectivity index (χ4n) is 2.33. The number of para-hydroxylation sites is 1. The van der Waals surface area contributed by atoms with E-state index in [4.69, 9.17) is 16.3 Å². The van der Waals surface area contributed by atoms with Crippen LogP contribution in [0.5, 0.6) is 0 Å². The molecule has 0 unspecified atom stereocenters. The molecule has 3 rings (SSSR count). The summed E-state index contributed by atoms with van der Waals surface area (Å²) in [6.45, 7) is 1.65. The fourth-order valence-corrected chi connectivity index (χ4v) is 3.54. The van der Waals surface area contributed by atoms with Crippen molar-refractivity contribution < 1.29 is 18.7 Å². The summed E-state index contributed by atoms with van der Waals surface area (Å²) in [5.41, 5.74) is 0.518. The first-order valence-corrected chi connectivity index (χ1v) is 8.97. The van der Waals surface area contributed by atoms with Gasteiger partial charge in [-0.15, -0.1) is 0 Å². The molecule has 2 aromatic carbocycles. The molecule has 1 aromatic heterocycles. The van der Waals surface area contributed by atoms with E-state index in [2.05, 4.69) is 4.98 Å². The Bertz CT molecular complexity index is 943. The third kappa shape index (κ3) is 3.84. The Labute approximate surface area is 158 Å². The molecule has 3 aromatic rings. The zero-order chi connectivity index (χ0) is 18.7. The van der Waals surface area contributed by atoms with E-state index in [0.717, 1.165) is 16.3 Å². The topological polar surface area (TPSA) is 59.5 Å². The number of hydrogen-bond donors (Lipinski definition) is 0. The number of carbonyl (C=O) groups is 2. The lowest BCUT2D eigenvalue weighted by Gasteiger charge is -2.17. The molecule has 8 heteroatoms. The highest BCUT2D eigenvalue weighted by Gasteiger charge is 2.21. The van der Waals surface area contributed by atoms with E-state index in [9.17, 15) is 14.0 Å². The second-order valence-corrected chi connectivity index (χ2v) is 6.75. The Hall–Kier alpha value is -2.51. The molecule has 0 aliphatic carbocycles. The van der Waals surface area contributed by atoms with Crippen molar-refractivity contribution in [3.05, 3.63) is 58.9 Å². The number of rotatable bonds is 5. The van der Waals surface area contributed by atoms with Gasteiger partial charge in [0.2, 0.25) is 0 Å². The smallest absolute Gasteiger partial charge is 0.341 e. The molecule has 1 heterocycles. The molecular weight excluding hydrogens is 379 g/mol. The number of benzene rings is 2. The van der Waals surface area contributed by atoms with Crippen molar-refractivity contribution in [2.45, 2.75) is 6.92 Å². The van der Waals surface area contributed by atoms with Crippen LogP contribution in [0.1, 0.15) is 17.3 Å². The normalized spacial score (nSPS) is 10.7. The molecule has 0 saturated heterocycles. The van der Waals surface area contributed by atoms with Crippen LogP contribution in [0, 0.1) is 5.82 Å². The van der Waals surface area contributed by atoms with E-state index in [1.807, 2.05) is 24.3 Å². The second kappa shape index (κ2) is 7.80. The van der Waals surface area contributed by atoms with Crippen molar-refractivity contribution in [2.75, 3.05) is 18.1 Å². The van der Waals surface area contributed by atoms with Crippen LogP contribution < -0.4 is 4.90 Å². The fraction of sp³-hybridized carbons (Fsp3) is 0.167. The standard InChI is InChI=1S/C18H14ClFN2O3S/c1-2-22(18-21-14-5-3-4-6-15(14)26-18)16(23)10-25-17(24)12-8-7-11(19)9-13(12)20/h3-9H,2,10H2,1H3. The van der Waals surface area contributed by atoms with Gasteiger partial charge in [0.25, 0.3) is 5.91 Å². The molecular formula is C18H14ClFN2O3S. The van der Waals surface area contributed by atoms with Gasteiger partial charge in [-0.25, -0.2) is 14.2 Å². The summed E-state index contributed by atoms with van der Waals surface area (Å²) >= 11 is 7.02. The van der Waals surface area contributed by atoms with Crippen LogP contribution in [0.4, 0.5) is 9.52 Å². The molecule has 0 N–H and O–H groups in total. The number of nitrogens with zero attached hydrogens (tertiary/aromatic N) is 2. The maximum atomic E-state index is 13.7. The average molecular weight is 393 g/mol. The highest BCUT2D eigenvalue weighted by atomic mass is 35.5. The number of ether oxygens (including phenoxy) is 1. The summed E-state index contributed by atoms with van der Waals surface area (Å²) in [4.78, 5) is 30.3. The molecule has 0 bridgehead atoms. The molecule has 5 nitrogen and oxygen atoms in total. The van der Waals surface area contributed by atoms with Crippen molar-refractivity contribution in [3.8, 4) is 0 Å². The first-order valence-electron chi connectivity index (χ1n) is 7.77. The van der Waals surface area contributed by atoms with Crippen LogP contribution in [0.25, 0.3) is 10.2 Å². The van der Waals surface area contributed by atoms with Crippen LogP contribution in [0.2, 0.25) is 5.02 Å². The molecule has 0 fully saturated rings. The number of aromatic nitrogens is 1. The maximum absolute atomic E-state index is 13.7. The minimum Gasteiger partial charge on any atom is -0.452 e. The highest BCUT2D eigenvalue weighted by molar-refractivity contribution is 7.22. The lowest BCUT2D eigenvalue weighted by atomic mass is 10.2. The van der Waals surface area contributed by atoms with Crippen molar-refractivity contribution in [3.63, 3.8) is 0 Å². The Morgan fingerprint density at radius 2 is 2.04 bits per heavy atom. The molecule has 0 spiro atoms. The minimum absolute atomic E-state index is 0.170. The van der Waals surface area contributed by atoms with Gasteiger partial charge < -0.3 is 4.74 Å². The molecule has 0 radical (unpaired) electrons. The third-order valence-corrected chi connectivity index (χ3v) is 4.90. The van der Waals surface area contributed by atoms with Crippen LogP contribution in [0.15, 0.2) is 42.5 Å². The van der Waals surface area contributed by atoms with Gasteiger partial charge >= 0.3 is 5.97 Å². The van der Waals surface area contributed by atoms with Crippen molar-refractivity contribution in [1.82, 2.24) is 4.98 Å². The largest absolute Gasteiger partial charge is 0.452 e. The third-order valence-electron chi connectivity index (χ3n) is 3.61. The Morgan fingerprint density at radius 1 is 1.27 bits per heavy atom. The number of halogens is 2. The predicted molar refractivity (Wildman–Crippen MR) is 99.3 cm³/mol. The highest BCUT2D eigenvalue weighted by Crippen LogP contribution is 2.28. The summed E-state index contributed by atoms with van der Waals surface area (Å²) in [5.74, 6) is -2.16. The number of esters is 1. The Morgan fingerprint density at radius 3 is 2.73 bits per heavy atom. The lowest BCUT2D eigenvalue weighted by Crippen LogP contribution is -2.34. The van der Waals surface area contributed by atoms with Crippen LogP contribution in [0.3, 0.4) is 0 Å². The molecule has 1 amide bonds. The summed E-state index contributed by atoms with van der Waals surface area (Å²) in [5, 5.41) is 0.690. The quantitative estimate of drug-likeness (QED) is 0.607. The number of hydrogen-bond acceptors (Lipinski definition) is 5. The zero-order valence-corrected chi connectivity index (χ0v) is 15.3.